The third kappa shape index (κ3) is 14.5. The van der Waals surface area contributed by atoms with E-state index >= 15 is 0 Å². The molecule has 0 N–H and O–H groups in total. The maximum Gasteiger partial charge on any atom is 0.102 e. The smallest absolute Gasteiger partial charge is 0.102 e. The van der Waals surface area contributed by atoms with Gasteiger partial charge < -0.3 is 9.11 Å². The van der Waals surface area contributed by atoms with Crippen molar-refractivity contribution in [1.82, 2.24) is 0 Å². The third-order valence-corrected chi connectivity index (χ3v) is 16.0. The zero-order chi connectivity index (χ0) is 41.0. The average molecular weight is 827 g/mol. The third-order valence-electron chi connectivity index (χ3n) is 8.91. The number of rotatable bonds is 9. The minimum absolute atomic E-state index is 0.199. The van der Waals surface area contributed by atoms with Crippen molar-refractivity contribution in [3.8, 4) is 0 Å². The maximum absolute atomic E-state index is 9.72. The van der Waals surface area contributed by atoms with Gasteiger partial charge in [-0.05, 0) is 94.8 Å². The molecule has 0 unspecified atom stereocenters. The average Bonchev–Trinajstić information content (AvgIpc) is 3.16. The first-order valence-corrected chi connectivity index (χ1v) is 24.5. The molecule has 6 nitrogen and oxygen atoms in total. The minimum atomic E-state index is -4.59. The molecule has 56 heavy (non-hydrogen) atoms. The molecule has 0 spiro atoms. The molecule has 0 saturated carbocycles. The Hall–Kier alpha value is -4.00. The Morgan fingerprint density at radius 1 is 0.357 bits per heavy atom. The monoisotopic (exact) mass is 826 g/mol. The Morgan fingerprint density at radius 2 is 0.554 bits per heavy atom. The molecular formula is C46H52O6P2S2. The molecule has 6 aromatic carbocycles. The van der Waals surface area contributed by atoms with Crippen molar-refractivity contribution in [3.05, 3.63) is 181 Å². The highest BCUT2D eigenvalue weighted by molar-refractivity contribution is 7.89. The van der Waals surface area contributed by atoms with Gasteiger partial charge in [0.2, 0.25) is 0 Å². The van der Waals surface area contributed by atoms with Gasteiger partial charge in [-0.3, -0.25) is 0 Å². The standard InChI is InChI=1S/2C22H23P.C2H6O6S2/c2*1-22(2,3)18-14-16-21(17-15-18)23(19-10-6-4-7-11-19)20-12-8-5-9-13-20;3-9(4,5)1-2-10(6,7)8/h2*4-17H,1-3H3;1-2H2,(H,3,4,5)(H,6,7,8). The van der Waals surface area contributed by atoms with Gasteiger partial charge >= 0.3 is 0 Å². The highest BCUT2D eigenvalue weighted by Gasteiger charge is 2.27. The predicted molar refractivity (Wildman–Crippen MR) is 240 cm³/mol. The van der Waals surface area contributed by atoms with Crippen LogP contribution in [-0.2, 0) is 31.1 Å². The van der Waals surface area contributed by atoms with Crippen LogP contribution in [0.15, 0.2) is 170 Å². The summed E-state index contributed by atoms with van der Waals surface area (Å²) in [4.78, 5) is 0. The van der Waals surface area contributed by atoms with Gasteiger partial charge in [0.15, 0.2) is 0 Å². The molecule has 6 aromatic rings. The van der Waals surface area contributed by atoms with Gasteiger partial charge in [-0.15, -0.1) is 0 Å². The molecule has 0 saturated heterocycles. The van der Waals surface area contributed by atoms with Gasteiger partial charge in [-0.1, -0.05) is 139 Å². The second-order valence-electron chi connectivity index (χ2n) is 15.4. The van der Waals surface area contributed by atoms with Crippen molar-refractivity contribution >= 4 is 67.9 Å². The van der Waals surface area contributed by atoms with Crippen LogP contribution in [0.3, 0.4) is 0 Å². The van der Waals surface area contributed by atoms with Gasteiger partial charge in [0.1, 0.15) is 31.8 Å². The van der Waals surface area contributed by atoms with Crippen molar-refractivity contribution in [2.75, 3.05) is 11.5 Å². The number of hydrogen-bond acceptors (Lipinski definition) is 6. The molecule has 0 amide bonds. The summed E-state index contributed by atoms with van der Waals surface area (Å²) in [5.41, 5.74) is 3.18. The number of benzene rings is 6. The zero-order valence-electron chi connectivity index (χ0n) is 32.8. The second-order valence-corrected chi connectivity index (χ2v) is 23.4. The fourth-order valence-electron chi connectivity index (χ4n) is 5.90. The first-order chi connectivity index (χ1) is 26.3. The first-order valence-electron chi connectivity index (χ1n) is 18.4. The van der Waals surface area contributed by atoms with E-state index in [1.807, 2.05) is 0 Å². The van der Waals surface area contributed by atoms with Crippen LogP contribution in [0.4, 0.5) is 0 Å². The lowest BCUT2D eigenvalue weighted by molar-refractivity contribution is 0.452. The van der Waals surface area contributed by atoms with Crippen molar-refractivity contribution in [2.24, 2.45) is 0 Å². The SMILES string of the molecule is CC(C)(C)c1ccc([PH+](c2ccccc2)c2ccccc2)cc1.CC(C)(C)c1ccc([PH+](c2ccccc2)c2ccccc2)cc1.O=S(=O)([O-])CCS(=O)(=O)[O-]. The van der Waals surface area contributed by atoms with Crippen molar-refractivity contribution < 1.29 is 25.9 Å². The van der Waals surface area contributed by atoms with Gasteiger partial charge in [-0.25, -0.2) is 16.8 Å². The topological polar surface area (TPSA) is 114 Å². The molecule has 0 bridgehead atoms. The lowest BCUT2D eigenvalue weighted by atomic mass is 9.87. The molecule has 0 aliphatic rings. The normalized spacial score (nSPS) is 12.0. The summed E-state index contributed by atoms with van der Waals surface area (Å²) < 4.78 is 58.3. The van der Waals surface area contributed by atoms with Gasteiger partial charge in [0.25, 0.3) is 0 Å². The van der Waals surface area contributed by atoms with Crippen LogP contribution in [0, 0.1) is 0 Å². The molecule has 0 heterocycles. The Kier molecular flexibility index (Phi) is 15.9. The Labute approximate surface area is 337 Å². The summed E-state index contributed by atoms with van der Waals surface area (Å²) in [6, 6.07) is 62.1. The molecular weight excluding hydrogens is 775 g/mol. The molecule has 0 radical (unpaired) electrons. The lowest BCUT2D eigenvalue weighted by Gasteiger charge is -2.19. The largest absolute Gasteiger partial charge is 0.748 e. The molecule has 0 atom stereocenters. The molecule has 10 heteroatoms. The van der Waals surface area contributed by atoms with E-state index in [9.17, 15) is 25.9 Å². The van der Waals surface area contributed by atoms with Crippen LogP contribution in [-0.4, -0.2) is 37.4 Å². The molecule has 294 valence electrons. The van der Waals surface area contributed by atoms with E-state index in [1.165, 1.54) is 43.0 Å². The quantitative estimate of drug-likeness (QED) is 0.114. The first kappa shape index (κ1) is 44.7. The van der Waals surface area contributed by atoms with Gasteiger partial charge in [0, 0.05) is 0 Å². The Balaban J connectivity index is 0.000000202. The Bertz CT molecular complexity index is 2040. The van der Waals surface area contributed by atoms with E-state index in [2.05, 4.69) is 211 Å². The molecule has 0 aromatic heterocycles. The summed E-state index contributed by atoms with van der Waals surface area (Å²) in [6.45, 7) is 13.6. The van der Waals surface area contributed by atoms with Gasteiger partial charge in [0.05, 0.1) is 47.6 Å². The van der Waals surface area contributed by atoms with Crippen molar-refractivity contribution in [3.63, 3.8) is 0 Å². The van der Waals surface area contributed by atoms with Crippen LogP contribution in [0.25, 0.3) is 0 Å². The molecule has 0 aliphatic carbocycles. The fraction of sp³-hybridized carbons (Fsp3) is 0.217. The van der Waals surface area contributed by atoms with Crippen LogP contribution in [0.2, 0.25) is 0 Å². The van der Waals surface area contributed by atoms with E-state index in [1.54, 1.807) is 0 Å². The van der Waals surface area contributed by atoms with Gasteiger partial charge in [-0.2, -0.15) is 0 Å². The summed E-state index contributed by atoms with van der Waals surface area (Å²) in [6.07, 6.45) is 0. The lowest BCUT2D eigenvalue weighted by Crippen LogP contribution is -2.21. The molecule has 6 rings (SSSR count). The second kappa shape index (κ2) is 19.9. The number of hydrogen-bond donors (Lipinski definition) is 0. The van der Waals surface area contributed by atoms with E-state index in [-0.39, 0.29) is 10.8 Å². The van der Waals surface area contributed by atoms with E-state index in [4.69, 9.17) is 0 Å². The highest BCUT2D eigenvalue weighted by Crippen LogP contribution is 2.35. The van der Waals surface area contributed by atoms with E-state index in [0.29, 0.717) is 0 Å². The van der Waals surface area contributed by atoms with Crippen LogP contribution >= 0.6 is 15.8 Å². The summed E-state index contributed by atoms with van der Waals surface area (Å²) in [7, 11) is -11.1. The van der Waals surface area contributed by atoms with Crippen molar-refractivity contribution in [1.29, 1.82) is 0 Å². The molecule has 0 aliphatic heterocycles. The summed E-state index contributed by atoms with van der Waals surface area (Å²) >= 11 is 0. The maximum atomic E-state index is 9.72. The van der Waals surface area contributed by atoms with E-state index < -0.39 is 47.6 Å². The summed E-state index contributed by atoms with van der Waals surface area (Å²) in [5, 5.41) is 8.64. The Morgan fingerprint density at radius 3 is 0.732 bits per heavy atom. The highest BCUT2D eigenvalue weighted by atomic mass is 32.2. The fourth-order valence-corrected chi connectivity index (χ4v) is 12.6. The molecule has 0 fully saturated rings. The van der Waals surface area contributed by atoms with Crippen LogP contribution < -0.4 is 31.8 Å². The van der Waals surface area contributed by atoms with Crippen molar-refractivity contribution in [2.45, 2.75) is 52.4 Å². The predicted octanol–water partition coefficient (Wildman–Crippen LogP) is 7.03. The minimum Gasteiger partial charge on any atom is -0.748 e. The van der Waals surface area contributed by atoms with Crippen LogP contribution in [0.1, 0.15) is 52.7 Å². The zero-order valence-corrected chi connectivity index (χ0v) is 36.5. The van der Waals surface area contributed by atoms with Crippen LogP contribution in [0.5, 0.6) is 0 Å². The summed E-state index contributed by atoms with van der Waals surface area (Å²) in [5.74, 6) is -2.31. The van der Waals surface area contributed by atoms with E-state index in [0.717, 1.165) is 0 Å².